The maximum Gasteiger partial charge on any atom is 0.224 e. The number of ketones is 1. The fourth-order valence-corrected chi connectivity index (χ4v) is 4.30. The van der Waals surface area contributed by atoms with Gasteiger partial charge in [-0.1, -0.05) is 67.6 Å². The van der Waals surface area contributed by atoms with E-state index in [1.807, 2.05) is 67.6 Å². The van der Waals surface area contributed by atoms with Gasteiger partial charge in [0.1, 0.15) is 5.60 Å². The molecule has 3 rings (SSSR count). The van der Waals surface area contributed by atoms with Crippen LogP contribution in [0.3, 0.4) is 0 Å². The van der Waals surface area contributed by atoms with Gasteiger partial charge >= 0.3 is 0 Å². The Morgan fingerprint density at radius 3 is 2.13 bits per heavy atom. The lowest BCUT2D eigenvalue weighted by atomic mass is 9.84. The van der Waals surface area contributed by atoms with Gasteiger partial charge in [-0.15, -0.1) is 0 Å². The van der Waals surface area contributed by atoms with Crippen molar-refractivity contribution in [3.63, 3.8) is 0 Å². The fraction of sp³-hybridized carbons (Fsp3) is 0.355. The van der Waals surface area contributed by atoms with Crippen LogP contribution in [0.2, 0.25) is 0 Å². The van der Waals surface area contributed by atoms with Crippen LogP contribution in [-0.2, 0) is 33.6 Å². The zero-order chi connectivity index (χ0) is 27.2. The first kappa shape index (κ1) is 28.7. The lowest BCUT2D eigenvalue weighted by Crippen LogP contribution is -2.47. The number of nitrogens with one attached hydrogen (secondary N) is 2. The molecule has 7 heteroatoms. The standard InChI is InChI=1S/C31H37N3O4/c1-24(13-19-33-30(37)21-26-14-17-32-18-15-26)20-29(36)34-23-28(35)31(38,22-27-10-6-3-7-11-27)16-12-25-8-4-2-5-9-25/h2-11,14-15,17-18,24,38H,12-13,16,19-23H2,1H3,(H,33,37)(H,34,36). The third-order valence-corrected chi connectivity index (χ3v) is 6.58. The first-order chi connectivity index (χ1) is 18.3. The largest absolute Gasteiger partial charge is 0.382 e. The minimum atomic E-state index is -1.59. The molecule has 0 fully saturated rings. The smallest absolute Gasteiger partial charge is 0.224 e. The predicted octanol–water partition coefficient (Wildman–Crippen LogP) is 3.45. The van der Waals surface area contributed by atoms with E-state index in [0.717, 1.165) is 16.7 Å². The van der Waals surface area contributed by atoms with Crippen LogP contribution in [-0.4, -0.2) is 46.4 Å². The SMILES string of the molecule is CC(CCNC(=O)Cc1ccncc1)CC(=O)NCC(=O)C(O)(CCc1ccccc1)Cc1ccccc1. The Morgan fingerprint density at radius 1 is 0.842 bits per heavy atom. The Labute approximate surface area is 224 Å². The van der Waals surface area contributed by atoms with E-state index in [1.165, 1.54) is 0 Å². The second kappa shape index (κ2) is 14.8. The van der Waals surface area contributed by atoms with Crippen LogP contribution in [0.15, 0.2) is 85.2 Å². The second-order valence-corrected chi connectivity index (χ2v) is 9.86. The third-order valence-electron chi connectivity index (χ3n) is 6.58. The average Bonchev–Trinajstić information content (AvgIpc) is 2.92. The molecule has 3 N–H and O–H groups in total. The molecular formula is C31H37N3O4. The number of benzene rings is 2. The Morgan fingerprint density at radius 2 is 1.47 bits per heavy atom. The molecule has 0 radical (unpaired) electrons. The summed E-state index contributed by atoms with van der Waals surface area (Å²) in [5, 5.41) is 17.0. The number of nitrogens with zero attached hydrogens (tertiary/aromatic N) is 1. The summed E-state index contributed by atoms with van der Waals surface area (Å²) in [4.78, 5) is 41.7. The summed E-state index contributed by atoms with van der Waals surface area (Å²) >= 11 is 0. The van der Waals surface area contributed by atoms with Crippen LogP contribution in [0.25, 0.3) is 0 Å². The molecule has 0 spiro atoms. The van der Waals surface area contributed by atoms with Gasteiger partial charge in [0.2, 0.25) is 11.8 Å². The van der Waals surface area contributed by atoms with Crippen molar-refractivity contribution in [3.05, 3.63) is 102 Å². The lowest BCUT2D eigenvalue weighted by Gasteiger charge is -2.27. The molecule has 1 heterocycles. The van der Waals surface area contributed by atoms with Crippen LogP contribution in [0.1, 0.15) is 42.9 Å². The fourth-order valence-electron chi connectivity index (χ4n) is 4.30. The van der Waals surface area contributed by atoms with Crippen molar-refractivity contribution in [1.29, 1.82) is 0 Å². The quantitative estimate of drug-likeness (QED) is 0.287. The Hall–Kier alpha value is -3.84. The van der Waals surface area contributed by atoms with Gasteiger partial charge in [-0.2, -0.15) is 0 Å². The molecule has 0 saturated heterocycles. The van der Waals surface area contributed by atoms with Gasteiger partial charge in [0.15, 0.2) is 5.78 Å². The van der Waals surface area contributed by atoms with E-state index in [-0.39, 0.29) is 50.0 Å². The molecule has 0 aliphatic rings. The number of aryl methyl sites for hydroxylation is 1. The minimum Gasteiger partial charge on any atom is -0.382 e. The highest BCUT2D eigenvalue weighted by atomic mass is 16.3. The number of carbonyl (C=O) groups excluding carboxylic acids is 3. The van der Waals surface area contributed by atoms with Gasteiger partial charge in [-0.25, -0.2) is 0 Å². The molecule has 200 valence electrons. The van der Waals surface area contributed by atoms with Gasteiger partial charge in [0.25, 0.3) is 0 Å². The summed E-state index contributed by atoms with van der Waals surface area (Å²) in [6, 6.07) is 22.8. The number of hydrogen-bond donors (Lipinski definition) is 3. The van der Waals surface area contributed by atoms with Crippen molar-refractivity contribution < 1.29 is 19.5 Å². The zero-order valence-corrected chi connectivity index (χ0v) is 21.9. The number of aliphatic hydroxyl groups is 1. The van der Waals surface area contributed by atoms with E-state index in [0.29, 0.717) is 19.4 Å². The van der Waals surface area contributed by atoms with Gasteiger partial charge < -0.3 is 15.7 Å². The molecule has 0 aliphatic carbocycles. The second-order valence-electron chi connectivity index (χ2n) is 9.86. The summed E-state index contributed by atoms with van der Waals surface area (Å²) in [7, 11) is 0. The van der Waals surface area contributed by atoms with Crippen molar-refractivity contribution in [2.75, 3.05) is 13.1 Å². The van der Waals surface area contributed by atoms with Gasteiger partial charge in [0, 0.05) is 31.8 Å². The number of rotatable bonds is 15. The van der Waals surface area contributed by atoms with Crippen LogP contribution < -0.4 is 10.6 Å². The van der Waals surface area contributed by atoms with Crippen molar-refractivity contribution in [1.82, 2.24) is 15.6 Å². The van der Waals surface area contributed by atoms with Crippen LogP contribution in [0.5, 0.6) is 0 Å². The summed E-state index contributed by atoms with van der Waals surface area (Å²) in [5.74, 6) is -0.708. The normalized spacial score (nSPS) is 13.2. The average molecular weight is 516 g/mol. The number of hydrogen-bond acceptors (Lipinski definition) is 5. The number of carbonyl (C=O) groups is 3. The van der Waals surface area contributed by atoms with Crippen LogP contribution >= 0.6 is 0 Å². The van der Waals surface area contributed by atoms with Crippen molar-refractivity contribution in [3.8, 4) is 0 Å². The summed E-state index contributed by atoms with van der Waals surface area (Å²) in [6.45, 7) is 2.17. The molecule has 0 aliphatic heterocycles. The molecule has 0 saturated carbocycles. The minimum absolute atomic E-state index is 0.0209. The first-order valence-electron chi connectivity index (χ1n) is 13.1. The van der Waals surface area contributed by atoms with Crippen molar-refractivity contribution >= 4 is 17.6 Å². The summed E-state index contributed by atoms with van der Waals surface area (Å²) in [5.41, 5.74) is 1.21. The third kappa shape index (κ3) is 9.90. The molecule has 7 nitrogen and oxygen atoms in total. The van der Waals surface area contributed by atoms with Gasteiger partial charge in [-0.3, -0.25) is 19.4 Å². The molecule has 2 amide bonds. The van der Waals surface area contributed by atoms with Crippen LogP contribution in [0.4, 0.5) is 0 Å². The highest BCUT2D eigenvalue weighted by Gasteiger charge is 2.35. The van der Waals surface area contributed by atoms with Crippen molar-refractivity contribution in [2.45, 2.75) is 51.0 Å². The first-order valence-corrected chi connectivity index (χ1v) is 13.1. The highest BCUT2D eigenvalue weighted by Crippen LogP contribution is 2.22. The zero-order valence-electron chi connectivity index (χ0n) is 21.9. The van der Waals surface area contributed by atoms with E-state index in [4.69, 9.17) is 0 Å². The molecule has 0 bridgehead atoms. The number of aromatic nitrogens is 1. The van der Waals surface area contributed by atoms with E-state index in [1.54, 1.807) is 24.5 Å². The van der Waals surface area contributed by atoms with Gasteiger partial charge in [-0.05, 0) is 54.0 Å². The summed E-state index contributed by atoms with van der Waals surface area (Å²) in [6.07, 6.45) is 5.46. The molecule has 38 heavy (non-hydrogen) atoms. The lowest BCUT2D eigenvalue weighted by molar-refractivity contribution is -0.138. The van der Waals surface area contributed by atoms with E-state index in [2.05, 4.69) is 15.6 Å². The van der Waals surface area contributed by atoms with Crippen LogP contribution in [0, 0.1) is 5.92 Å². The Kier molecular flexibility index (Phi) is 11.2. The maximum absolute atomic E-state index is 13.2. The molecular weight excluding hydrogens is 478 g/mol. The Bertz CT molecular complexity index is 1160. The van der Waals surface area contributed by atoms with E-state index >= 15 is 0 Å². The molecule has 2 unspecified atom stereocenters. The predicted molar refractivity (Wildman–Crippen MR) is 147 cm³/mol. The van der Waals surface area contributed by atoms with Gasteiger partial charge in [0.05, 0.1) is 13.0 Å². The van der Waals surface area contributed by atoms with Crippen molar-refractivity contribution in [2.24, 2.45) is 5.92 Å². The van der Waals surface area contributed by atoms with E-state index < -0.39 is 11.4 Å². The molecule has 2 aromatic carbocycles. The monoisotopic (exact) mass is 515 g/mol. The summed E-state index contributed by atoms with van der Waals surface area (Å²) < 4.78 is 0. The molecule has 3 aromatic rings. The molecule has 2 atom stereocenters. The number of pyridine rings is 1. The number of amides is 2. The molecule has 1 aromatic heterocycles. The maximum atomic E-state index is 13.2. The topological polar surface area (TPSA) is 108 Å². The Balaban J connectivity index is 1.45. The van der Waals surface area contributed by atoms with E-state index in [9.17, 15) is 19.5 Å². The highest BCUT2D eigenvalue weighted by molar-refractivity contribution is 5.92. The number of Topliss-reactive ketones (excluding diaryl/α,β-unsaturated/α-hetero) is 1.